The molecule has 0 saturated carbocycles. The van der Waals surface area contributed by atoms with Crippen LogP contribution < -0.4 is 10.5 Å². The van der Waals surface area contributed by atoms with E-state index in [1.54, 1.807) is 6.07 Å². The van der Waals surface area contributed by atoms with Crippen LogP contribution in [0.5, 0.6) is 0 Å². The molecule has 4 nitrogen and oxygen atoms in total. The Kier molecular flexibility index (Phi) is 4.59. The van der Waals surface area contributed by atoms with E-state index in [0.29, 0.717) is 22.7 Å². The standard InChI is InChI=1S/C16H16Cl3N3O/c1-9-5-6-21(10(9)2)14-4-3-11(7-12(14)17)22-16(23)15(19)13(18)8-20-22/h3-4,7-10H,5-6H2,1-2H3. The van der Waals surface area contributed by atoms with E-state index in [4.69, 9.17) is 34.8 Å². The molecule has 2 aromatic rings. The fourth-order valence-corrected chi connectivity index (χ4v) is 3.43. The summed E-state index contributed by atoms with van der Waals surface area (Å²) in [6.45, 7) is 5.42. The van der Waals surface area contributed by atoms with E-state index < -0.39 is 5.56 Å². The Hall–Kier alpha value is -1.23. The van der Waals surface area contributed by atoms with E-state index >= 15 is 0 Å². The Bertz CT molecular complexity index is 806. The maximum Gasteiger partial charge on any atom is 0.291 e. The quantitative estimate of drug-likeness (QED) is 0.783. The summed E-state index contributed by atoms with van der Waals surface area (Å²) in [5.74, 6) is 0.630. The Labute approximate surface area is 149 Å². The van der Waals surface area contributed by atoms with Crippen molar-refractivity contribution in [1.82, 2.24) is 9.78 Å². The lowest BCUT2D eigenvalue weighted by atomic mass is 10.1. The van der Waals surface area contributed by atoms with Crippen LogP contribution in [0, 0.1) is 5.92 Å². The molecule has 2 atom stereocenters. The first-order chi connectivity index (χ1) is 10.9. The van der Waals surface area contributed by atoms with E-state index in [0.717, 1.165) is 18.7 Å². The van der Waals surface area contributed by atoms with E-state index in [-0.39, 0.29) is 10.0 Å². The van der Waals surface area contributed by atoms with Crippen LogP contribution >= 0.6 is 34.8 Å². The number of anilines is 1. The molecule has 1 aromatic carbocycles. The van der Waals surface area contributed by atoms with Crippen molar-refractivity contribution >= 4 is 40.5 Å². The minimum absolute atomic E-state index is 0.0520. The van der Waals surface area contributed by atoms with E-state index in [1.807, 2.05) is 12.1 Å². The van der Waals surface area contributed by atoms with Crippen molar-refractivity contribution in [3.8, 4) is 5.69 Å². The summed E-state index contributed by atoms with van der Waals surface area (Å²) in [4.78, 5) is 14.5. The van der Waals surface area contributed by atoms with Gasteiger partial charge in [0.15, 0.2) is 0 Å². The first-order valence-electron chi connectivity index (χ1n) is 7.40. The number of aromatic nitrogens is 2. The number of halogens is 3. The summed E-state index contributed by atoms with van der Waals surface area (Å²) in [6.07, 6.45) is 2.49. The van der Waals surface area contributed by atoms with Gasteiger partial charge in [0.05, 0.1) is 27.6 Å². The molecule has 0 amide bonds. The van der Waals surface area contributed by atoms with Crippen molar-refractivity contribution in [3.63, 3.8) is 0 Å². The predicted molar refractivity (Wildman–Crippen MR) is 95.5 cm³/mol. The van der Waals surface area contributed by atoms with Gasteiger partial charge in [-0.1, -0.05) is 41.7 Å². The van der Waals surface area contributed by atoms with Crippen LogP contribution in [0.2, 0.25) is 15.1 Å². The Morgan fingerprint density at radius 1 is 1.17 bits per heavy atom. The molecule has 7 heteroatoms. The molecule has 0 radical (unpaired) electrons. The molecule has 0 bridgehead atoms. The summed E-state index contributed by atoms with van der Waals surface area (Å²) in [5.41, 5.74) is 1.06. The Morgan fingerprint density at radius 2 is 1.91 bits per heavy atom. The summed E-state index contributed by atoms with van der Waals surface area (Å²) in [6, 6.07) is 5.90. The molecule has 1 aliphatic rings. The highest BCUT2D eigenvalue weighted by molar-refractivity contribution is 6.41. The van der Waals surface area contributed by atoms with Crippen molar-refractivity contribution in [1.29, 1.82) is 0 Å². The lowest BCUT2D eigenvalue weighted by Gasteiger charge is -2.26. The summed E-state index contributed by atoms with van der Waals surface area (Å²) >= 11 is 18.2. The average Bonchev–Trinajstić information content (AvgIpc) is 2.85. The Balaban J connectivity index is 2.00. The van der Waals surface area contributed by atoms with Gasteiger partial charge >= 0.3 is 0 Å². The van der Waals surface area contributed by atoms with E-state index in [2.05, 4.69) is 23.8 Å². The third-order valence-corrected chi connectivity index (χ3v) is 5.55. The minimum atomic E-state index is -0.467. The molecule has 1 aromatic heterocycles. The molecule has 0 spiro atoms. The van der Waals surface area contributed by atoms with Crippen LogP contribution in [0.15, 0.2) is 29.2 Å². The van der Waals surface area contributed by atoms with Crippen LogP contribution in [0.1, 0.15) is 20.3 Å². The number of benzene rings is 1. The average molecular weight is 373 g/mol. The fraction of sp³-hybridized carbons (Fsp3) is 0.375. The van der Waals surface area contributed by atoms with Gasteiger partial charge in [-0.05, 0) is 37.5 Å². The molecule has 1 aliphatic heterocycles. The highest BCUT2D eigenvalue weighted by Gasteiger charge is 2.28. The van der Waals surface area contributed by atoms with Crippen molar-refractivity contribution in [2.45, 2.75) is 26.3 Å². The number of hydrogen-bond donors (Lipinski definition) is 0. The van der Waals surface area contributed by atoms with Crippen LogP contribution in [0.4, 0.5) is 5.69 Å². The van der Waals surface area contributed by atoms with Crippen molar-refractivity contribution in [2.75, 3.05) is 11.4 Å². The second-order valence-electron chi connectivity index (χ2n) is 5.86. The van der Waals surface area contributed by atoms with Crippen LogP contribution in [-0.2, 0) is 0 Å². The largest absolute Gasteiger partial charge is 0.367 e. The fourth-order valence-electron chi connectivity index (χ4n) is 2.89. The van der Waals surface area contributed by atoms with Gasteiger partial charge < -0.3 is 4.90 Å². The molecule has 23 heavy (non-hydrogen) atoms. The predicted octanol–water partition coefficient (Wildman–Crippen LogP) is 4.43. The maximum absolute atomic E-state index is 12.2. The summed E-state index contributed by atoms with van der Waals surface area (Å²) in [7, 11) is 0. The van der Waals surface area contributed by atoms with Gasteiger partial charge in [-0.2, -0.15) is 9.78 Å². The van der Waals surface area contributed by atoms with Crippen molar-refractivity contribution in [3.05, 3.63) is 49.8 Å². The molecular formula is C16H16Cl3N3O. The maximum atomic E-state index is 12.2. The van der Waals surface area contributed by atoms with E-state index in [9.17, 15) is 4.79 Å². The summed E-state index contributed by atoms with van der Waals surface area (Å²) in [5, 5.41) is 4.69. The van der Waals surface area contributed by atoms with Gasteiger partial charge in [0.2, 0.25) is 0 Å². The molecule has 3 rings (SSSR count). The monoisotopic (exact) mass is 371 g/mol. The topological polar surface area (TPSA) is 38.1 Å². The minimum Gasteiger partial charge on any atom is -0.367 e. The molecule has 1 saturated heterocycles. The lowest BCUT2D eigenvalue weighted by Crippen LogP contribution is -2.29. The second-order valence-corrected chi connectivity index (χ2v) is 7.05. The van der Waals surface area contributed by atoms with E-state index in [1.165, 1.54) is 10.9 Å². The Morgan fingerprint density at radius 3 is 2.52 bits per heavy atom. The van der Waals surface area contributed by atoms with Crippen LogP contribution in [-0.4, -0.2) is 22.4 Å². The zero-order valence-electron chi connectivity index (χ0n) is 12.8. The molecule has 2 unspecified atom stereocenters. The van der Waals surface area contributed by atoms with Crippen molar-refractivity contribution < 1.29 is 0 Å². The molecule has 1 fully saturated rings. The highest BCUT2D eigenvalue weighted by Crippen LogP contribution is 2.35. The molecule has 0 N–H and O–H groups in total. The zero-order valence-corrected chi connectivity index (χ0v) is 15.0. The first-order valence-corrected chi connectivity index (χ1v) is 8.53. The normalized spacial score (nSPS) is 21.0. The molecule has 2 heterocycles. The van der Waals surface area contributed by atoms with Gasteiger partial charge in [-0.15, -0.1) is 0 Å². The van der Waals surface area contributed by atoms with Crippen LogP contribution in [0.3, 0.4) is 0 Å². The second kappa shape index (κ2) is 6.34. The van der Waals surface area contributed by atoms with Gasteiger partial charge in [-0.3, -0.25) is 4.79 Å². The number of hydrogen-bond acceptors (Lipinski definition) is 3. The van der Waals surface area contributed by atoms with Gasteiger partial charge in [-0.25, -0.2) is 0 Å². The van der Waals surface area contributed by atoms with Gasteiger partial charge in [0.25, 0.3) is 5.56 Å². The van der Waals surface area contributed by atoms with Gasteiger partial charge in [0.1, 0.15) is 5.02 Å². The highest BCUT2D eigenvalue weighted by atomic mass is 35.5. The number of rotatable bonds is 2. The smallest absolute Gasteiger partial charge is 0.291 e. The SMILES string of the molecule is CC1CCN(c2ccc(-n3ncc(Cl)c(Cl)c3=O)cc2Cl)C1C. The van der Waals surface area contributed by atoms with Crippen molar-refractivity contribution in [2.24, 2.45) is 5.92 Å². The third-order valence-electron chi connectivity index (χ3n) is 4.50. The molecular weight excluding hydrogens is 357 g/mol. The van der Waals surface area contributed by atoms with Gasteiger partial charge in [0, 0.05) is 12.6 Å². The zero-order chi connectivity index (χ0) is 16.7. The molecule has 122 valence electrons. The summed E-state index contributed by atoms with van der Waals surface area (Å²) < 4.78 is 1.19. The van der Waals surface area contributed by atoms with Crippen LogP contribution in [0.25, 0.3) is 5.69 Å². The molecule has 0 aliphatic carbocycles. The first kappa shape index (κ1) is 16.6. The third kappa shape index (κ3) is 2.95. The number of nitrogens with zero attached hydrogens (tertiary/aromatic N) is 3. The lowest BCUT2D eigenvalue weighted by molar-refractivity contribution is 0.546.